The van der Waals surface area contributed by atoms with Crippen LogP contribution in [0.3, 0.4) is 0 Å². The van der Waals surface area contributed by atoms with Crippen LogP contribution in [-0.4, -0.2) is 37.2 Å². The highest BCUT2D eigenvalue weighted by Gasteiger charge is 2.19. The molecule has 0 amide bonds. The number of carbonyl (C=O) groups is 3. The third kappa shape index (κ3) is 56.9. The summed E-state index contributed by atoms with van der Waals surface area (Å²) >= 11 is 0. The minimum absolute atomic E-state index is 0.0675. The van der Waals surface area contributed by atoms with Crippen molar-refractivity contribution < 1.29 is 28.6 Å². The summed E-state index contributed by atoms with van der Waals surface area (Å²) in [5, 5.41) is 0. The van der Waals surface area contributed by atoms with Crippen LogP contribution in [0.5, 0.6) is 0 Å². The second-order valence-electron chi connectivity index (χ2n) is 21.3. The van der Waals surface area contributed by atoms with E-state index in [1.165, 1.54) is 250 Å². The molecule has 0 rings (SSSR count). The normalized spacial score (nSPS) is 12.0. The van der Waals surface area contributed by atoms with E-state index in [-0.39, 0.29) is 31.1 Å². The van der Waals surface area contributed by atoms with Crippen LogP contribution in [0.2, 0.25) is 0 Å². The monoisotopic (exact) mass is 973 g/mol. The molecule has 408 valence electrons. The number of allylic oxidation sites excluding steroid dienone is 2. The average molecular weight is 974 g/mol. The Morgan fingerprint density at radius 2 is 0.478 bits per heavy atom. The molecule has 0 aromatic carbocycles. The first kappa shape index (κ1) is 67.1. The topological polar surface area (TPSA) is 78.9 Å². The van der Waals surface area contributed by atoms with E-state index in [1.54, 1.807) is 0 Å². The lowest BCUT2D eigenvalue weighted by Crippen LogP contribution is -2.30. The highest BCUT2D eigenvalue weighted by atomic mass is 16.6. The van der Waals surface area contributed by atoms with Crippen LogP contribution < -0.4 is 0 Å². The molecule has 0 spiro atoms. The van der Waals surface area contributed by atoms with Crippen LogP contribution in [0, 0.1) is 0 Å². The number of ether oxygens (including phenoxy) is 3. The van der Waals surface area contributed by atoms with Crippen molar-refractivity contribution in [3.05, 3.63) is 12.2 Å². The Balaban J connectivity index is 4.10. The molecule has 0 radical (unpaired) electrons. The fraction of sp³-hybridized carbons (Fsp3) is 0.921. The van der Waals surface area contributed by atoms with Gasteiger partial charge in [-0.1, -0.05) is 303 Å². The first-order valence-electron chi connectivity index (χ1n) is 31.2. The Morgan fingerprint density at radius 1 is 0.275 bits per heavy atom. The zero-order valence-corrected chi connectivity index (χ0v) is 46.9. The lowest BCUT2D eigenvalue weighted by Gasteiger charge is -2.18. The highest BCUT2D eigenvalue weighted by Crippen LogP contribution is 2.18. The second-order valence-corrected chi connectivity index (χ2v) is 21.3. The fourth-order valence-corrected chi connectivity index (χ4v) is 9.56. The summed E-state index contributed by atoms with van der Waals surface area (Å²) in [5.74, 6) is -0.853. The molecule has 0 aliphatic heterocycles. The molecular formula is C63H120O6. The summed E-state index contributed by atoms with van der Waals surface area (Å²) in [6, 6.07) is 0. The van der Waals surface area contributed by atoms with Crippen molar-refractivity contribution in [1.82, 2.24) is 0 Å². The van der Waals surface area contributed by atoms with Crippen molar-refractivity contribution in [2.24, 2.45) is 0 Å². The Bertz CT molecular complexity index is 1070. The van der Waals surface area contributed by atoms with Gasteiger partial charge in [0.05, 0.1) is 0 Å². The Labute approximate surface area is 431 Å². The third-order valence-corrected chi connectivity index (χ3v) is 14.3. The van der Waals surface area contributed by atoms with E-state index in [0.717, 1.165) is 64.2 Å². The van der Waals surface area contributed by atoms with Crippen molar-refractivity contribution in [2.75, 3.05) is 13.2 Å². The van der Waals surface area contributed by atoms with Gasteiger partial charge in [-0.05, 0) is 44.9 Å². The maximum atomic E-state index is 12.8. The van der Waals surface area contributed by atoms with Crippen LogP contribution in [-0.2, 0) is 28.6 Å². The van der Waals surface area contributed by atoms with Gasteiger partial charge in [0.1, 0.15) is 13.2 Å². The van der Waals surface area contributed by atoms with Crippen molar-refractivity contribution in [3.8, 4) is 0 Å². The number of unbranched alkanes of at least 4 members (excludes halogenated alkanes) is 45. The molecule has 0 aromatic heterocycles. The van der Waals surface area contributed by atoms with Gasteiger partial charge in [-0.3, -0.25) is 14.4 Å². The first-order valence-corrected chi connectivity index (χ1v) is 31.2. The van der Waals surface area contributed by atoms with Crippen LogP contribution in [0.4, 0.5) is 0 Å². The zero-order valence-electron chi connectivity index (χ0n) is 46.9. The molecule has 0 bridgehead atoms. The maximum absolute atomic E-state index is 12.8. The van der Waals surface area contributed by atoms with Crippen molar-refractivity contribution in [2.45, 2.75) is 361 Å². The molecule has 0 aliphatic rings. The molecule has 1 atom stereocenters. The summed E-state index contributed by atoms with van der Waals surface area (Å²) in [6.07, 6.45) is 68.1. The van der Waals surface area contributed by atoms with Crippen LogP contribution in [0.15, 0.2) is 12.2 Å². The minimum atomic E-state index is -0.768. The number of hydrogen-bond acceptors (Lipinski definition) is 6. The summed E-state index contributed by atoms with van der Waals surface area (Å²) in [7, 11) is 0. The smallest absolute Gasteiger partial charge is 0.306 e. The van der Waals surface area contributed by atoms with E-state index in [1.807, 2.05) is 0 Å². The van der Waals surface area contributed by atoms with Gasteiger partial charge in [-0.2, -0.15) is 0 Å². The predicted molar refractivity (Wildman–Crippen MR) is 298 cm³/mol. The first-order chi connectivity index (χ1) is 34.0. The molecule has 0 aromatic rings. The van der Waals surface area contributed by atoms with E-state index >= 15 is 0 Å². The standard InChI is InChI=1S/C63H120O6/c1-4-7-10-13-16-19-22-24-25-26-27-28-29-30-31-32-33-34-35-36-37-39-41-44-47-50-53-56-62(65)68-59-60(58-67-61(64)55-52-49-46-43-40-21-18-15-12-9-6-3)69-63(66)57-54-51-48-45-42-38-23-20-17-14-11-8-5-2/h20,23,60H,4-19,21-22,24-59H2,1-3H3/b23-20-. The Morgan fingerprint density at radius 3 is 0.739 bits per heavy atom. The van der Waals surface area contributed by atoms with E-state index in [4.69, 9.17) is 14.2 Å². The van der Waals surface area contributed by atoms with Gasteiger partial charge in [0.15, 0.2) is 6.10 Å². The Kier molecular flexibility index (Phi) is 57.1. The molecule has 69 heavy (non-hydrogen) atoms. The third-order valence-electron chi connectivity index (χ3n) is 14.3. The van der Waals surface area contributed by atoms with Crippen LogP contribution in [0.1, 0.15) is 355 Å². The van der Waals surface area contributed by atoms with E-state index in [0.29, 0.717) is 19.3 Å². The van der Waals surface area contributed by atoms with Crippen molar-refractivity contribution in [3.63, 3.8) is 0 Å². The molecule has 0 aliphatic carbocycles. The SMILES string of the molecule is CCCCCC/C=C\CCCCCCCC(=O)OC(COC(=O)CCCCCCCCCCCCC)COC(=O)CCCCCCCCCCCCCCCCCCCCCCCCCCCCC. The molecular weight excluding hydrogens is 853 g/mol. The van der Waals surface area contributed by atoms with Crippen molar-refractivity contribution >= 4 is 17.9 Å². The number of hydrogen-bond donors (Lipinski definition) is 0. The molecule has 6 heteroatoms. The van der Waals surface area contributed by atoms with Gasteiger partial charge in [0.25, 0.3) is 0 Å². The zero-order chi connectivity index (χ0) is 50.0. The van der Waals surface area contributed by atoms with E-state index < -0.39 is 6.10 Å². The molecule has 0 heterocycles. The molecule has 1 unspecified atom stereocenters. The lowest BCUT2D eigenvalue weighted by molar-refractivity contribution is -0.167. The molecule has 0 fully saturated rings. The molecule has 0 saturated heterocycles. The van der Waals surface area contributed by atoms with Crippen molar-refractivity contribution in [1.29, 1.82) is 0 Å². The largest absolute Gasteiger partial charge is 0.462 e. The lowest BCUT2D eigenvalue weighted by atomic mass is 10.0. The molecule has 6 nitrogen and oxygen atoms in total. The number of rotatable bonds is 58. The quantitative estimate of drug-likeness (QED) is 0.0261. The second kappa shape index (κ2) is 58.7. The average Bonchev–Trinajstić information content (AvgIpc) is 3.35. The van der Waals surface area contributed by atoms with Crippen LogP contribution in [0.25, 0.3) is 0 Å². The number of carbonyl (C=O) groups excluding carboxylic acids is 3. The van der Waals surface area contributed by atoms with Gasteiger partial charge in [0, 0.05) is 19.3 Å². The predicted octanol–water partition coefficient (Wildman–Crippen LogP) is 20.9. The van der Waals surface area contributed by atoms with E-state index in [2.05, 4.69) is 32.9 Å². The summed E-state index contributed by atoms with van der Waals surface area (Å²) in [6.45, 7) is 6.67. The fourth-order valence-electron chi connectivity index (χ4n) is 9.56. The summed E-state index contributed by atoms with van der Waals surface area (Å²) < 4.78 is 16.9. The van der Waals surface area contributed by atoms with Gasteiger partial charge >= 0.3 is 17.9 Å². The van der Waals surface area contributed by atoms with Crippen LogP contribution >= 0.6 is 0 Å². The Hall–Kier alpha value is -1.85. The molecule has 0 N–H and O–H groups in total. The summed E-state index contributed by atoms with van der Waals surface area (Å²) in [5.41, 5.74) is 0. The highest BCUT2D eigenvalue weighted by molar-refractivity contribution is 5.71. The van der Waals surface area contributed by atoms with Gasteiger partial charge < -0.3 is 14.2 Å². The summed E-state index contributed by atoms with van der Waals surface area (Å²) in [4.78, 5) is 38.1. The minimum Gasteiger partial charge on any atom is -0.462 e. The number of esters is 3. The molecule has 0 saturated carbocycles. The van der Waals surface area contributed by atoms with Gasteiger partial charge in [-0.15, -0.1) is 0 Å². The van der Waals surface area contributed by atoms with E-state index in [9.17, 15) is 14.4 Å². The maximum Gasteiger partial charge on any atom is 0.306 e. The van der Waals surface area contributed by atoms with Gasteiger partial charge in [-0.25, -0.2) is 0 Å². The van der Waals surface area contributed by atoms with Gasteiger partial charge in [0.2, 0.25) is 0 Å².